The molecule has 0 amide bonds. The zero-order valence-corrected chi connectivity index (χ0v) is 9.93. The third-order valence-corrected chi connectivity index (χ3v) is 4.15. The summed E-state index contributed by atoms with van der Waals surface area (Å²) in [5.74, 6) is 0.662. The molecule has 0 radical (unpaired) electrons. The van der Waals surface area contributed by atoms with Crippen molar-refractivity contribution in [1.29, 1.82) is 0 Å². The first-order valence-corrected chi connectivity index (χ1v) is 6.24. The first-order chi connectivity index (χ1) is 6.70. The summed E-state index contributed by atoms with van der Waals surface area (Å²) < 4.78 is 5.57. The van der Waals surface area contributed by atoms with Crippen LogP contribution in [0.4, 0.5) is 0 Å². The quantitative estimate of drug-likeness (QED) is 0.690. The molecule has 1 fully saturated rings. The second-order valence-corrected chi connectivity index (χ2v) is 5.53. The van der Waals surface area contributed by atoms with Gasteiger partial charge in [0.1, 0.15) is 0 Å². The third-order valence-electron chi connectivity index (χ3n) is 2.92. The Morgan fingerprint density at radius 1 is 1.43 bits per heavy atom. The average molecular weight is 210 g/mol. The average Bonchev–Trinajstić information content (AvgIpc) is 2.77. The van der Waals surface area contributed by atoms with Crippen molar-refractivity contribution in [3.63, 3.8) is 0 Å². The number of thiophene rings is 1. The molecule has 2 heteroatoms. The van der Waals surface area contributed by atoms with Gasteiger partial charge < -0.3 is 4.74 Å². The molecule has 1 saturated heterocycles. The molecule has 0 spiro atoms. The van der Waals surface area contributed by atoms with Gasteiger partial charge in [0.15, 0.2) is 0 Å². The molecule has 0 aromatic carbocycles. The number of hydrogen-bond acceptors (Lipinski definition) is 2. The third kappa shape index (κ3) is 2.18. The first-order valence-electron chi connectivity index (χ1n) is 5.42. The zero-order valence-electron chi connectivity index (χ0n) is 9.12. The van der Waals surface area contributed by atoms with Crippen molar-refractivity contribution < 1.29 is 4.74 Å². The van der Waals surface area contributed by atoms with Crippen LogP contribution in [-0.4, -0.2) is 12.2 Å². The Balaban J connectivity index is 1.87. The van der Waals surface area contributed by atoms with E-state index in [-0.39, 0.29) is 0 Å². The molecule has 3 unspecified atom stereocenters. The van der Waals surface area contributed by atoms with E-state index in [0.717, 1.165) is 0 Å². The van der Waals surface area contributed by atoms with Gasteiger partial charge in [-0.15, -0.1) is 11.3 Å². The van der Waals surface area contributed by atoms with Crippen LogP contribution >= 0.6 is 11.3 Å². The van der Waals surface area contributed by atoms with Crippen LogP contribution in [0.5, 0.6) is 0 Å². The fraction of sp³-hybridized carbons (Fsp3) is 0.667. The van der Waals surface area contributed by atoms with Crippen molar-refractivity contribution >= 4 is 11.3 Å². The highest BCUT2D eigenvalue weighted by atomic mass is 32.1. The summed E-state index contributed by atoms with van der Waals surface area (Å²) in [6.45, 7) is 6.67. The Hall–Kier alpha value is -0.340. The van der Waals surface area contributed by atoms with Gasteiger partial charge in [-0.2, -0.15) is 0 Å². The second kappa shape index (κ2) is 4.03. The Bertz CT molecular complexity index is 305. The molecule has 0 N–H and O–H groups in total. The van der Waals surface area contributed by atoms with Gasteiger partial charge in [0, 0.05) is 9.75 Å². The van der Waals surface area contributed by atoms with Crippen molar-refractivity contribution in [3.8, 4) is 0 Å². The van der Waals surface area contributed by atoms with Crippen molar-refractivity contribution in [2.45, 2.75) is 51.7 Å². The highest BCUT2D eigenvalue weighted by Gasteiger charge is 2.37. The molecule has 0 saturated carbocycles. The maximum atomic E-state index is 5.57. The van der Waals surface area contributed by atoms with Gasteiger partial charge in [0.2, 0.25) is 0 Å². The van der Waals surface area contributed by atoms with Crippen molar-refractivity contribution in [2.75, 3.05) is 0 Å². The predicted octanol–water partition coefficient (Wildman–Crippen LogP) is 3.73. The SMILES string of the molecule is CCC1OC1CC(C)c1ccc(C)s1. The Labute approximate surface area is 90.1 Å². The summed E-state index contributed by atoms with van der Waals surface area (Å²) >= 11 is 1.92. The minimum atomic E-state index is 0.539. The van der Waals surface area contributed by atoms with Crippen LogP contribution in [0.2, 0.25) is 0 Å². The highest BCUT2D eigenvalue weighted by Crippen LogP contribution is 2.36. The van der Waals surface area contributed by atoms with Crippen LogP contribution in [0.3, 0.4) is 0 Å². The molecule has 0 aliphatic carbocycles. The van der Waals surface area contributed by atoms with E-state index in [1.165, 1.54) is 22.6 Å². The van der Waals surface area contributed by atoms with E-state index >= 15 is 0 Å². The maximum Gasteiger partial charge on any atom is 0.0847 e. The smallest absolute Gasteiger partial charge is 0.0847 e. The standard InChI is InChI=1S/C12H18OS/c1-4-10-11(13-10)7-8(2)12-6-5-9(3)14-12/h5-6,8,10-11H,4,7H2,1-3H3. The van der Waals surface area contributed by atoms with Gasteiger partial charge in [-0.3, -0.25) is 0 Å². The molecule has 2 rings (SSSR count). The lowest BCUT2D eigenvalue weighted by molar-refractivity contribution is 0.353. The maximum absolute atomic E-state index is 5.57. The lowest BCUT2D eigenvalue weighted by Crippen LogP contribution is -1.99. The molecular weight excluding hydrogens is 192 g/mol. The summed E-state index contributed by atoms with van der Waals surface area (Å²) in [5, 5.41) is 0. The Morgan fingerprint density at radius 2 is 2.21 bits per heavy atom. The van der Waals surface area contributed by atoms with E-state index in [9.17, 15) is 0 Å². The molecule has 78 valence electrons. The van der Waals surface area contributed by atoms with Gasteiger partial charge in [-0.1, -0.05) is 13.8 Å². The lowest BCUT2D eigenvalue weighted by Gasteiger charge is -2.06. The summed E-state index contributed by atoms with van der Waals surface area (Å²) in [5.41, 5.74) is 0. The van der Waals surface area contributed by atoms with E-state index in [2.05, 4.69) is 32.9 Å². The van der Waals surface area contributed by atoms with Crippen LogP contribution in [0, 0.1) is 6.92 Å². The lowest BCUT2D eigenvalue weighted by atomic mass is 10.0. The Morgan fingerprint density at radius 3 is 2.71 bits per heavy atom. The second-order valence-electron chi connectivity index (χ2n) is 4.21. The summed E-state index contributed by atoms with van der Waals surface area (Å²) in [6.07, 6.45) is 3.45. The van der Waals surface area contributed by atoms with Crippen molar-refractivity contribution in [1.82, 2.24) is 0 Å². The molecule has 1 aromatic rings. The molecular formula is C12H18OS. The van der Waals surface area contributed by atoms with Gasteiger partial charge in [-0.25, -0.2) is 0 Å². The number of ether oxygens (including phenoxy) is 1. The molecule has 2 heterocycles. The summed E-state index contributed by atoms with van der Waals surface area (Å²) in [7, 11) is 0. The van der Waals surface area contributed by atoms with Crippen LogP contribution in [-0.2, 0) is 4.74 Å². The minimum absolute atomic E-state index is 0.539. The molecule has 1 nitrogen and oxygen atoms in total. The fourth-order valence-corrected chi connectivity index (χ4v) is 2.87. The minimum Gasteiger partial charge on any atom is -0.370 e. The number of rotatable bonds is 4. The van der Waals surface area contributed by atoms with E-state index in [4.69, 9.17) is 4.74 Å². The molecule has 1 aliphatic rings. The molecule has 3 atom stereocenters. The van der Waals surface area contributed by atoms with Gasteiger partial charge >= 0.3 is 0 Å². The topological polar surface area (TPSA) is 12.5 Å². The van der Waals surface area contributed by atoms with Crippen LogP contribution in [0.25, 0.3) is 0 Å². The van der Waals surface area contributed by atoms with Crippen molar-refractivity contribution in [3.05, 3.63) is 21.9 Å². The highest BCUT2D eigenvalue weighted by molar-refractivity contribution is 7.12. The predicted molar refractivity (Wildman–Crippen MR) is 61.0 cm³/mol. The number of aryl methyl sites for hydroxylation is 1. The summed E-state index contributed by atoms with van der Waals surface area (Å²) in [6, 6.07) is 4.47. The molecule has 14 heavy (non-hydrogen) atoms. The van der Waals surface area contributed by atoms with Crippen LogP contribution in [0.1, 0.15) is 42.4 Å². The van der Waals surface area contributed by atoms with Crippen LogP contribution < -0.4 is 0 Å². The van der Waals surface area contributed by atoms with Crippen molar-refractivity contribution in [2.24, 2.45) is 0 Å². The molecule has 0 bridgehead atoms. The van der Waals surface area contributed by atoms with Gasteiger partial charge in [-0.05, 0) is 37.8 Å². The molecule has 1 aromatic heterocycles. The van der Waals surface area contributed by atoms with E-state index in [1.54, 1.807) is 0 Å². The normalized spacial score (nSPS) is 27.6. The van der Waals surface area contributed by atoms with Crippen LogP contribution in [0.15, 0.2) is 12.1 Å². The fourth-order valence-electron chi connectivity index (χ4n) is 1.93. The first kappa shape index (κ1) is 10.2. The monoisotopic (exact) mass is 210 g/mol. The van der Waals surface area contributed by atoms with E-state index in [1.807, 2.05) is 11.3 Å². The molecule has 1 aliphatic heterocycles. The van der Waals surface area contributed by atoms with Gasteiger partial charge in [0.05, 0.1) is 12.2 Å². The largest absolute Gasteiger partial charge is 0.370 e. The summed E-state index contributed by atoms with van der Waals surface area (Å²) in [4.78, 5) is 2.92. The van der Waals surface area contributed by atoms with E-state index in [0.29, 0.717) is 18.1 Å². The Kier molecular flexibility index (Phi) is 2.93. The number of epoxide rings is 1. The van der Waals surface area contributed by atoms with Gasteiger partial charge in [0.25, 0.3) is 0 Å². The van der Waals surface area contributed by atoms with E-state index < -0.39 is 0 Å². The number of hydrogen-bond donors (Lipinski definition) is 0. The zero-order chi connectivity index (χ0) is 10.1.